The van der Waals surface area contributed by atoms with Gasteiger partial charge < -0.3 is 5.32 Å². The van der Waals surface area contributed by atoms with Gasteiger partial charge >= 0.3 is 0 Å². The van der Waals surface area contributed by atoms with Crippen molar-refractivity contribution >= 4 is 0 Å². The van der Waals surface area contributed by atoms with Crippen LogP contribution in [0.25, 0.3) is 0 Å². The Hall–Kier alpha value is -0.0800. The molecule has 1 heterocycles. The summed E-state index contributed by atoms with van der Waals surface area (Å²) < 4.78 is 0. The highest BCUT2D eigenvalue weighted by Crippen LogP contribution is 2.31. The topological polar surface area (TPSA) is 15.3 Å². The Bertz CT molecular complexity index is 258. The smallest absolute Gasteiger partial charge is 0.0329 e. The van der Waals surface area contributed by atoms with Crippen LogP contribution in [-0.2, 0) is 0 Å². The van der Waals surface area contributed by atoms with Crippen molar-refractivity contribution in [3.8, 4) is 0 Å². The Labute approximate surface area is 121 Å². The van der Waals surface area contributed by atoms with E-state index in [2.05, 4.69) is 51.8 Å². The molecule has 1 aliphatic heterocycles. The van der Waals surface area contributed by atoms with E-state index in [4.69, 9.17) is 0 Å². The first-order valence-electron chi connectivity index (χ1n) is 8.41. The standard InChI is InChI=1S/C17H36N2/c1-7-16(6)14-19(12-10-11-15(4)5)17(8-2,9-3)13-18-16/h15,18H,7-14H2,1-6H3. The van der Waals surface area contributed by atoms with Gasteiger partial charge in [-0.25, -0.2) is 0 Å². The van der Waals surface area contributed by atoms with Crippen LogP contribution in [0.3, 0.4) is 0 Å². The third-order valence-electron chi connectivity index (χ3n) is 5.36. The second kappa shape index (κ2) is 7.08. The van der Waals surface area contributed by atoms with Crippen molar-refractivity contribution < 1.29 is 0 Å². The van der Waals surface area contributed by atoms with E-state index >= 15 is 0 Å². The first-order chi connectivity index (χ1) is 8.91. The molecule has 0 aromatic carbocycles. The van der Waals surface area contributed by atoms with Crippen LogP contribution in [0.4, 0.5) is 0 Å². The van der Waals surface area contributed by atoms with E-state index in [1.54, 1.807) is 0 Å². The van der Waals surface area contributed by atoms with Crippen LogP contribution in [0.1, 0.15) is 73.6 Å². The van der Waals surface area contributed by atoms with Crippen LogP contribution in [0.15, 0.2) is 0 Å². The minimum absolute atomic E-state index is 0.311. The summed E-state index contributed by atoms with van der Waals surface area (Å²) in [6.45, 7) is 17.7. The first kappa shape index (κ1) is 17.0. The molecule has 1 N–H and O–H groups in total. The van der Waals surface area contributed by atoms with Crippen LogP contribution >= 0.6 is 0 Å². The third kappa shape index (κ3) is 4.19. The molecule has 0 amide bonds. The maximum atomic E-state index is 3.83. The van der Waals surface area contributed by atoms with Crippen molar-refractivity contribution in [1.29, 1.82) is 0 Å². The Morgan fingerprint density at radius 3 is 2.21 bits per heavy atom. The van der Waals surface area contributed by atoms with Gasteiger partial charge in [-0.15, -0.1) is 0 Å². The van der Waals surface area contributed by atoms with Crippen molar-refractivity contribution in [1.82, 2.24) is 10.2 Å². The molecule has 0 spiro atoms. The molecule has 114 valence electrons. The second-order valence-corrected chi connectivity index (χ2v) is 7.16. The van der Waals surface area contributed by atoms with E-state index in [1.165, 1.54) is 45.2 Å². The minimum atomic E-state index is 0.311. The maximum absolute atomic E-state index is 3.83. The molecule has 0 aliphatic carbocycles. The molecule has 1 atom stereocenters. The lowest BCUT2D eigenvalue weighted by Gasteiger charge is -2.53. The fraction of sp³-hybridized carbons (Fsp3) is 1.00. The summed E-state index contributed by atoms with van der Waals surface area (Å²) in [4.78, 5) is 2.80. The molecule has 0 aromatic heterocycles. The summed E-state index contributed by atoms with van der Waals surface area (Å²) in [6.07, 6.45) is 6.45. The highest BCUT2D eigenvalue weighted by atomic mass is 15.3. The fourth-order valence-electron chi connectivity index (χ4n) is 3.33. The van der Waals surface area contributed by atoms with Gasteiger partial charge in [-0.1, -0.05) is 34.6 Å². The lowest BCUT2D eigenvalue weighted by molar-refractivity contribution is 0.000840. The van der Waals surface area contributed by atoms with Gasteiger partial charge in [0.2, 0.25) is 0 Å². The molecule has 19 heavy (non-hydrogen) atoms. The lowest BCUT2D eigenvalue weighted by atomic mass is 9.82. The van der Waals surface area contributed by atoms with Gasteiger partial charge in [0.05, 0.1) is 0 Å². The van der Waals surface area contributed by atoms with E-state index in [1.807, 2.05) is 0 Å². The molecule has 2 nitrogen and oxygen atoms in total. The first-order valence-corrected chi connectivity index (χ1v) is 8.41. The van der Waals surface area contributed by atoms with E-state index in [0.29, 0.717) is 11.1 Å². The van der Waals surface area contributed by atoms with Gasteiger partial charge in [0.1, 0.15) is 0 Å². The predicted octanol–water partition coefficient (Wildman–Crippen LogP) is 4.06. The van der Waals surface area contributed by atoms with Gasteiger partial charge in [-0.2, -0.15) is 0 Å². The number of hydrogen-bond donors (Lipinski definition) is 1. The number of rotatable bonds is 7. The van der Waals surface area contributed by atoms with Crippen LogP contribution in [0, 0.1) is 5.92 Å². The zero-order valence-electron chi connectivity index (χ0n) is 14.2. The molecule has 1 fully saturated rings. The summed E-state index contributed by atoms with van der Waals surface area (Å²) >= 11 is 0. The van der Waals surface area contributed by atoms with Crippen molar-refractivity contribution in [2.75, 3.05) is 19.6 Å². The summed E-state index contributed by atoms with van der Waals surface area (Å²) in [6, 6.07) is 0. The van der Waals surface area contributed by atoms with Crippen LogP contribution < -0.4 is 5.32 Å². The zero-order chi connectivity index (χ0) is 14.5. The second-order valence-electron chi connectivity index (χ2n) is 7.16. The largest absolute Gasteiger partial charge is 0.308 e. The zero-order valence-corrected chi connectivity index (χ0v) is 14.2. The predicted molar refractivity (Wildman–Crippen MR) is 85.7 cm³/mol. The average Bonchev–Trinajstić information content (AvgIpc) is 2.39. The number of nitrogens with zero attached hydrogens (tertiary/aromatic N) is 1. The van der Waals surface area contributed by atoms with Gasteiger partial charge in [0.25, 0.3) is 0 Å². The Kier molecular flexibility index (Phi) is 6.32. The average molecular weight is 268 g/mol. The minimum Gasteiger partial charge on any atom is -0.308 e. The molecule has 1 rings (SSSR count). The quantitative estimate of drug-likeness (QED) is 0.749. The van der Waals surface area contributed by atoms with E-state index in [0.717, 1.165) is 12.5 Å². The maximum Gasteiger partial charge on any atom is 0.0329 e. The van der Waals surface area contributed by atoms with Gasteiger partial charge in [-0.05, 0) is 51.5 Å². The highest BCUT2D eigenvalue weighted by molar-refractivity contribution is 5.02. The van der Waals surface area contributed by atoms with E-state index in [-0.39, 0.29) is 0 Å². The van der Waals surface area contributed by atoms with Crippen molar-refractivity contribution in [2.24, 2.45) is 5.92 Å². The van der Waals surface area contributed by atoms with Crippen molar-refractivity contribution in [3.63, 3.8) is 0 Å². The van der Waals surface area contributed by atoms with Gasteiger partial charge in [0.15, 0.2) is 0 Å². The molecule has 0 radical (unpaired) electrons. The molecule has 0 saturated carbocycles. The normalized spacial score (nSPS) is 27.9. The van der Waals surface area contributed by atoms with Gasteiger partial charge in [-0.3, -0.25) is 4.90 Å². The third-order valence-corrected chi connectivity index (χ3v) is 5.36. The van der Waals surface area contributed by atoms with Crippen LogP contribution in [-0.4, -0.2) is 35.6 Å². The number of nitrogens with one attached hydrogen (secondary N) is 1. The Morgan fingerprint density at radius 2 is 1.74 bits per heavy atom. The summed E-state index contributed by atoms with van der Waals surface area (Å²) in [5.41, 5.74) is 0.706. The molecule has 1 unspecified atom stereocenters. The molecule has 0 aromatic rings. The fourth-order valence-corrected chi connectivity index (χ4v) is 3.33. The molecule has 0 bridgehead atoms. The Balaban J connectivity index is 2.71. The molecule has 1 aliphatic rings. The highest BCUT2D eigenvalue weighted by Gasteiger charge is 2.42. The summed E-state index contributed by atoms with van der Waals surface area (Å²) in [5, 5.41) is 3.83. The summed E-state index contributed by atoms with van der Waals surface area (Å²) in [5.74, 6) is 0.832. The van der Waals surface area contributed by atoms with Crippen LogP contribution in [0.2, 0.25) is 0 Å². The molecule has 2 heteroatoms. The van der Waals surface area contributed by atoms with E-state index in [9.17, 15) is 0 Å². The molecule has 1 saturated heterocycles. The lowest BCUT2D eigenvalue weighted by Crippen LogP contribution is -2.68. The van der Waals surface area contributed by atoms with Crippen molar-refractivity contribution in [3.05, 3.63) is 0 Å². The van der Waals surface area contributed by atoms with Gasteiger partial charge in [0, 0.05) is 24.2 Å². The number of hydrogen-bond acceptors (Lipinski definition) is 2. The Morgan fingerprint density at radius 1 is 1.11 bits per heavy atom. The summed E-state index contributed by atoms with van der Waals surface area (Å²) in [7, 11) is 0. The SMILES string of the molecule is CCC1(C)CN(CCCC(C)C)C(CC)(CC)CN1. The van der Waals surface area contributed by atoms with Crippen LogP contribution in [0.5, 0.6) is 0 Å². The molecular formula is C17H36N2. The number of piperazine rings is 1. The monoisotopic (exact) mass is 268 g/mol. The van der Waals surface area contributed by atoms with Crippen molar-refractivity contribution in [2.45, 2.75) is 84.7 Å². The molecular weight excluding hydrogens is 232 g/mol. The van der Waals surface area contributed by atoms with E-state index < -0.39 is 0 Å².